The smallest absolute Gasteiger partial charge is 0.333 e. The Morgan fingerprint density at radius 1 is 1.29 bits per heavy atom. The molecule has 1 aliphatic heterocycles. The van der Waals surface area contributed by atoms with E-state index in [4.69, 9.17) is 15.6 Å². The van der Waals surface area contributed by atoms with Crippen LogP contribution in [0.5, 0.6) is 0 Å². The molecule has 1 aliphatic rings. The number of carboxylic acids is 1. The molecular weight excluding hydrogens is 182 g/mol. The normalized spacial score (nSPS) is 43.6. The molecule has 1 rings (SSSR count). The predicted molar refractivity (Wildman–Crippen MR) is 52.8 cm³/mol. The summed E-state index contributed by atoms with van der Waals surface area (Å²) in [6, 6.07) is 0. The van der Waals surface area contributed by atoms with E-state index >= 15 is 0 Å². The van der Waals surface area contributed by atoms with E-state index in [1.165, 1.54) is 0 Å². The zero-order valence-electron chi connectivity index (χ0n) is 8.93. The van der Waals surface area contributed by atoms with Crippen LogP contribution >= 0.6 is 0 Å². The fraction of sp³-hybridized carbons (Fsp3) is 0.900. The SMILES string of the molecule is C[C@H]1[C@@H](C)[C@@H](CN)O[C@@H](C(=O)O)[C@@H]1C. The third-order valence-electron chi connectivity index (χ3n) is 3.52. The summed E-state index contributed by atoms with van der Waals surface area (Å²) in [5.41, 5.74) is 5.55. The first-order chi connectivity index (χ1) is 6.49. The summed E-state index contributed by atoms with van der Waals surface area (Å²) in [6.07, 6.45) is -0.822. The van der Waals surface area contributed by atoms with Gasteiger partial charge in [0, 0.05) is 6.54 Å². The molecule has 0 aromatic rings. The molecule has 0 spiro atoms. The minimum Gasteiger partial charge on any atom is -0.479 e. The first-order valence-electron chi connectivity index (χ1n) is 5.07. The lowest BCUT2D eigenvalue weighted by Crippen LogP contribution is -2.50. The average molecular weight is 201 g/mol. The van der Waals surface area contributed by atoms with Gasteiger partial charge in [-0.05, 0) is 17.8 Å². The molecule has 5 atom stereocenters. The lowest BCUT2D eigenvalue weighted by molar-refractivity contribution is -0.177. The number of rotatable bonds is 2. The highest BCUT2D eigenvalue weighted by Gasteiger charge is 2.41. The van der Waals surface area contributed by atoms with Crippen molar-refractivity contribution in [3.8, 4) is 0 Å². The molecule has 1 saturated heterocycles. The molecule has 3 N–H and O–H groups in total. The predicted octanol–water partition coefficient (Wildman–Crippen LogP) is 0.705. The maximum atomic E-state index is 10.9. The Bertz CT molecular complexity index is 217. The molecular formula is C10H19NO3. The van der Waals surface area contributed by atoms with Crippen molar-refractivity contribution in [2.24, 2.45) is 23.5 Å². The van der Waals surface area contributed by atoms with Gasteiger partial charge in [0.2, 0.25) is 0 Å². The van der Waals surface area contributed by atoms with E-state index in [-0.39, 0.29) is 12.0 Å². The molecule has 82 valence electrons. The summed E-state index contributed by atoms with van der Waals surface area (Å²) in [6.45, 7) is 6.45. The maximum absolute atomic E-state index is 10.9. The fourth-order valence-corrected chi connectivity index (χ4v) is 2.08. The van der Waals surface area contributed by atoms with Crippen LogP contribution in [0.2, 0.25) is 0 Å². The molecule has 0 aromatic heterocycles. The number of hydrogen-bond acceptors (Lipinski definition) is 3. The van der Waals surface area contributed by atoms with Crippen LogP contribution in [0.4, 0.5) is 0 Å². The summed E-state index contributed by atoms with van der Waals surface area (Å²) < 4.78 is 5.47. The number of aliphatic carboxylic acids is 1. The standard InChI is InChI=1S/C10H19NO3/c1-5-6(2)8(4-11)14-9(7(5)3)10(12)13/h5-9H,4,11H2,1-3H3,(H,12,13)/t5-,6+,7+,8+,9+/m0/s1. The molecule has 0 unspecified atom stereocenters. The van der Waals surface area contributed by atoms with Gasteiger partial charge in [-0.2, -0.15) is 0 Å². The monoisotopic (exact) mass is 201 g/mol. The minimum atomic E-state index is -0.880. The topological polar surface area (TPSA) is 72.5 Å². The van der Waals surface area contributed by atoms with E-state index in [0.717, 1.165) is 0 Å². The first-order valence-corrected chi connectivity index (χ1v) is 5.07. The van der Waals surface area contributed by atoms with E-state index in [9.17, 15) is 4.79 Å². The highest BCUT2D eigenvalue weighted by Crippen LogP contribution is 2.34. The maximum Gasteiger partial charge on any atom is 0.333 e. The van der Waals surface area contributed by atoms with Crippen molar-refractivity contribution in [2.75, 3.05) is 6.54 Å². The van der Waals surface area contributed by atoms with Crippen molar-refractivity contribution < 1.29 is 14.6 Å². The summed E-state index contributed by atoms with van der Waals surface area (Å²) in [5, 5.41) is 8.96. The van der Waals surface area contributed by atoms with Crippen molar-refractivity contribution in [2.45, 2.75) is 33.0 Å². The highest BCUT2D eigenvalue weighted by molar-refractivity contribution is 5.72. The molecule has 1 heterocycles. The Morgan fingerprint density at radius 3 is 2.29 bits per heavy atom. The van der Waals surface area contributed by atoms with Gasteiger partial charge in [0.05, 0.1) is 6.10 Å². The zero-order valence-corrected chi connectivity index (χ0v) is 8.93. The van der Waals surface area contributed by atoms with Crippen molar-refractivity contribution in [1.82, 2.24) is 0 Å². The van der Waals surface area contributed by atoms with E-state index in [0.29, 0.717) is 18.4 Å². The van der Waals surface area contributed by atoms with E-state index in [1.54, 1.807) is 0 Å². The van der Waals surface area contributed by atoms with Crippen LogP contribution in [0, 0.1) is 17.8 Å². The molecule has 0 amide bonds. The van der Waals surface area contributed by atoms with Gasteiger partial charge >= 0.3 is 5.97 Å². The van der Waals surface area contributed by atoms with Gasteiger partial charge < -0.3 is 15.6 Å². The number of hydrogen-bond donors (Lipinski definition) is 2. The van der Waals surface area contributed by atoms with Gasteiger partial charge in [0.1, 0.15) is 0 Å². The third kappa shape index (κ3) is 1.91. The lowest BCUT2D eigenvalue weighted by Gasteiger charge is -2.41. The Kier molecular flexibility index (Phi) is 3.50. The fourth-order valence-electron chi connectivity index (χ4n) is 2.08. The quantitative estimate of drug-likeness (QED) is 0.690. The van der Waals surface area contributed by atoms with Gasteiger partial charge in [-0.3, -0.25) is 0 Å². The number of carboxylic acid groups (broad SMARTS) is 1. The Hall–Kier alpha value is -0.610. The molecule has 0 aromatic carbocycles. The van der Waals surface area contributed by atoms with Crippen molar-refractivity contribution >= 4 is 5.97 Å². The summed E-state index contributed by atoms with van der Waals surface area (Å²) in [4.78, 5) is 10.9. The van der Waals surface area contributed by atoms with Crippen LogP contribution in [-0.4, -0.2) is 29.8 Å². The van der Waals surface area contributed by atoms with Gasteiger partial charge in [0.15, 0.2) is 6.10 Å². The van der Waals surface area contributed by atoms with Crippen LogP contribution in [0.1, 0.15) is 20.8 Å². The van der Waals surface area contributed by atoms with Crippen molar-refractivity contribution in [1.29, 1.82) is 0 Å². The molecule has 1 fully saturated rings. The summed E-state index contributed by atoms with van der Waals surface area (Å²) >= 11 is 0. The van der Waals surface area contributed by atoms with Crippen LogP contribution in [-0.2, 0) is 9.53 Å². The second-order valence-electron chi connectivity index (χ2n) is 4.25. The van der Waals surface area contributed by atoms with E-state index in [1.807, 2.05) is 6.92 Å². The zero-order chi connectivity index (χ0) is 10.9. The molecule has 0 radical (unpaired) electrons. The number of ether oxygens (including phenoxy) is 1. The van der Waals surface area contributed by atoms with Gasteiger partial charge in [-0.1, -0.05) is 20.8 Å². The van der Waals surface area contributed by atoms with Crippen molar-refractivity contribution in [3.63, 3.8) is 0 Å². The average Bonchev–Trinajstić information content (AvgIpc) is 2.14. The van der Waals surface area contributed by atoms with Gasteiger partial charge in [0.25, 0.3) is 0 Å². The molecule has 0 bridgehead atoms. The first kappa shape index (κ1) is 11.5. The molecule has 4 heteroatoms. The van der Waals surface area contributed by atoms with E-state index in [2.05, 4.69) is 13.8 Å². The van der Waals surface area contributed by atoms with Crippen LogP contribution < -0.4 is 5.73 Å². The second kappa shape index (κ2) is 4.28. The molecule has 14 heavy (non-hydrogen) atoms. The molecule has 0 aliphatic carbocycles. The minimum absolute atomic E-state index is 0.0466. The van der Waals surface area contributed by atoms with Crippen LogP contribution in [0.15, 0.2) is 0 Å². The Balaban J connectivity index is 2.78. The lowest BCUT2D eigenvalue weighted by atomic mass is 9.76. The van der Waals surface area contributed by atoms with Crippen molar-refractivity contribution in [3.05, 3.63) is 0 Å². The summed E-state index contributed by atoms with van der Waals surface area (Å²) in [7, 11) is 0. The largest absolute Gasteiger partial charge is 0.479 e. The number of nitrogens with two attached hydrogens (primary N) is 1. The Labute approximate surface area is 84.4 Å². The number of carbonyl (C=O) groups is 1. The highest BCUT2D eigenvalue weighted by atomic mass is 16.5. The van der Waals surface area contributed by atoms with Crippen LogP contribution in [0.3, 0.4) is 0 Å². The van der Waals surface area contributed by atoms with E-state index < -0.39 is 12.1 Å². The second-order valence-corrected chi connectivity index (χ2v) is 4.25. The van der Waals surface area contributed by atoms with Crippen LogP contribution in [0.25, 0.3) is 0 Å². The Morgan fingerprint density at radius 2 is 1.86 bits per heavy atom. The summed E-state index contributed by atoms with van der Waals surface area (Å²) in [5.74, 6) is -0.177. The van der Waals surface area contributed by atoms with Gasteiger partial charge in [-0.25, -0.2) is 4.79 Å². The molecule has 0 saturated carbocycles. The molecule has 4 nitrogen and oxygen atoms in total. The van der Waals surface area contributed by atoms with Gasteiger partial charge in [-0.15, -0.1) is 0 Å². The third-order valence-corrected chi connectivity index (χ3v) is 3.52.